The number of piperazine rings is 1. The van der Waals surface area contributed by atoms with Gasteiger partial charge < -0.3 is 19.9 Å². The Kier molecular flexibility index (Phi) is 5.86. The van der Waals surface area contributed by atoms with E-state index in [1.54, 1.807) is 23.1 Å². The predicted molar refractivity (Wildman–Crippen MR) is 107 cm³/mol. The summed E-state index contributed by atoms with van der Waals surface area (Å²) in [6.45, 7) is 4.36. The molecule has 3 rings (SSSR count). The lowest BCUT2D eigenvalue weighted by molar-refractivity contribution is 0.0600. The third-order valence-corrected chi connectivity index (χ3v) is 4.98. The summed E-state index contributed by atoms with van der Waals surface area (Å²) in [6.07, 6.45) is 0. The van der Waals surface area contributed by atoms with E-state index in [1.807, 2.05) is 31.2 Å². The highest BCUT2D eigenvalue weighted by molar-refractivity contribution is 6.33. The molecule has 1 aliphatic rings. The van der Waals surface area contributed by atoms with Crippen LogP contribution < -0.4 is 10.2 Å². The summed E-state index contributed by atoms with van der Waals surface area (Å²) in [5, 5.41) is 3.53. The maximum Gasteiger partial charge on any atom is 0.337 e. The van der Waals surface area contributed by atoms with Gasteiger partial charge in [0.25, 0.3) is 0 Å². The van der Waals surface area contributed by atoms with Gasteiger partial charge in [-0.1, -0.05) is 29.8 Å². The van der Waals surface area contributed by atoms with Crippen molar-refractivity contribution in [3.63, 3.8) is 0 Å². The fourth-order valence-corrected chi connectivity index (χ4v) is 3.29. The third-order valence-electron chi connectivity index (χ3n) is 4.66. The van der Waals surface area contributed by atoms with E-state index in [0.29, 0.717) is 36.8 Å². The predicted octanol–water partition coefficient (Wildman–Crippen LogP) is 3.79. The summed E-state index contributed by atoms with van der Waals surface area (Å²) < 4.78 is 4.77. The second-order valence-electron chi connectivity index (χ2n) is 6.38. The van der Waals surface area contributed by atoms with Gasteiger partial charge >= 0.3 is 12.0 Å². The van der Waals surface area contributed by atoms with Crippen LogP contribution in [0, 0.1) is 6.92 Å². The maximum atomic E-state index is 12.5. The molecule has 2 aromatic rings. The Balaban J connectivity index is 1.64. The zero-order valence-corrected chi connectivity index (χ0v) is 16.1. The summed E-state index contributed by atoms with van der Waals surface area (Å²) in [7, 11) is 1.35. The number of hydrogen-bond donors (Lipinski definition) is 1. The van der Waals surface area contributed by atoms with Crippen molar-refractivity contribution in [1.29, 1.82) is 0 Å². The molecule has 0 saturated carbocycles. The first-order valence-electron chi connectivity index (χ1n) is 8.74. The zero-order chi connectivity index (χ0) is 19.4. The molecule has 27 heavy (non-hydrogen) atoms. The first-order valence-corrected chi connectivity index (χ1v) is 9.12. The number of anilines is 2. The molecule has 0 radical (unpaired) electrons. The molecule has 0 atom stereocenters. The molecule has 1 heterocycles. The van der Waals surface area contributed by atoms with E-state index in [4.69, 9.17) is 16.3 Å². The average molecular weight is 388 g/mol. The summed E-state index contributed by atoms with van der Waals surface area (Å²) >= 11 is 6.31. The van der Waals surface area contributed by atoms with Crippen molar-refractivity contribution in [2.45, 2.75) is 6.92 Å². The van der Waals surface area contributed by atoms with Crippen LogP contribution in [-0.2, 0) is 4.74 Å². The number of methoxy groups -OCH3 is 1. The van der Waals surface area contributed by atoms with Crippen LogP contribution in [0.3, 0.4) is 0 Å². The number of urea groups is 1. The molecule has 142 valence electrons. The number of aryl methyl sites for hydroxylation is 1. The quantitative estimate of drug-likeness (QED) is 0.814. The van der Waals surface area contributed by atoms with E-state index in [2.05, 4.69) is 10.2 Å². The van der Waals surface area contributed by atoms with Gasteiger partial charge in [0.1, 0.15) is 0 Å². The van der Waals surface area contributed by atoms with Crippen molar-refractivity contribution in [2.24, 2.45) is 0 Å². The van der Waals surface area contributed by atoms with Gasteiger partial charge in [0, 0.05) is 31.9 Å². The Hall–Kier alpha value is -2.73. The molecule has 0 spiro atoms. The Morgan fingerprint density at radius 2 is 1.78 bits per heavy atom. The van der Waals surface area contributed by atoms with Crippen LogP contribution in [0.15, 0.2) is 42.5 Å². The highest BCUT2D eigenvalue weighted by Gasteiger charge is 2.23. The molecule has 7 heteroatoms. The Morgan fingerprint density at radius 1 is 1.07 bits per heavy atom. The van der Waals surface area contributed by atoms with Crippen LogP contribution >= 0.6 is 11.6 Å². The number of rotatable bonds is 3. The van der Waals surface area contributed by atoms with E-state index in [0.717, 1.165) is 16.9 Å². The van der Waals surface area contributed by atoms with Gasteiger partial charge in [-0.15, -0.1) is 0 Å². The highest BCUT2D eigenvalue weighted by Crippen LogP contribution is 2.28. The lowest BCUT2D eigenvalue weighted by Crippen LogP contribution is -2.50. The minimum Gasteiger partial charge on any atom is -0.465 e. The van der Waals surface area contributed by atoms with Crippen LogP contribution in [0.25, 0.3) is 0 Å². The largest absolute Gasteiger partial charge is 0.465 e. The zero-order valence-electron chi connectivity index (χ0n) is 15.4. The van der Waals surface area contributed by atoms with E-state index < -0.39 is 5.97 Å². The number of carbonyl (C=O) groups excluding carboxylic acids is 2. The summed E-state index contributed by atoms with van der Waals surface area (Å²) in [6, 6.07) is 12.7. The highest BCUT2D eigenvalue weighted by atomic mass is 35.5. The van der Waals surface area contributed by atoms with Crippen LogP contribution in [-0.4, -0.2) is 50.2 Å². The summed E-state index contributed by atoms with van der Waals surface area (Å²) in [5.41, 5.74) is 3.07. The molecule has 1 N–H and O–H groups in total. The van der Waals surface area contributed by atoms with Crippen molar-refractivity contribution >= 4 is 35.0 Å². The van der Waals surface area contributed by atoms with Crippen molar-refractivity contribution in [1.82, 2.24) is 4.90 Å². The van der Waals surface area contributed by atoms with Gasteiger partial charge in [-0.05, 0) is 36.8 Å². The number of ether oxygens (including phenoxy) is 1. The van der Waals surface area contributed by atoms with Crippen LogP contribution in [0.1, 0.15) is 15.9 Å². The maximum absolute atomic E-state index is 12.5. The number of hydrogen-bond acceptors (Lipinski definition) is 4. The summed E-state index contributed by atoms with van der Waals surface area (Å²) in [4.78, 5) is 28.1. The molecule has 2 aromatic carbocycles. The minimum absolute atomic E-state index is 0.113. The number of carbonyl (C=O) groups is 2. The molecule has 2 amide bonds. The molecular weight excluding hydrogens is 366 g/mol. The van der Waals surface area contributed by atoms with Gasteiger partial charge in [0.15, 0.2) is 0 Å². The fourth-order valence-electron chi connectivity index (χ4n) is 3.06. The molecular formula is C20H22ClN3O3. The van der Waals surface area contributed by atoms with Crippen LogP contribution in [0.5, 0.6) is 0 Å². The summed E-state index contributed by atoms with van der Waals surface area (Å²) in [5.74, 6) is -0.399. The van der Waals surface area contributed by atoms with Crippen molar-refractivity contribution in [3.05, 3.63) is 58.6 Å². The van der Waals surface area contributed by atoms with Gasteiger partial charge in [0.2, 0.25) is 0 Å². The van der Waals surface area contributed by atoms with Crippen LogP contribution in [0.4, 0.5) is 16.2 Å². The molecule has 1 saturated heterocycles. The van der Waals surface area contributed by atoms with E-state index in [9.17, 15) is 9.59 Å². The Morgan fingerprint density at radius 3 is 2.44 bits per heavy atom. The van der Waals surface area contributed by atoms with Crippen LogP contribution in [0.2, 0.25) is 5.02 Å². The number of esters is 1. The van der Waals surface area contributed by atoms with Crippen molar-refractivity contribution < 1.29 is 14.3 Å². The number of para-hydroxylation sites is 1. The SMILES string of the molecule is COC(=O)c1ccc(Cl)c(N2CCN(C(=O)Nc3ccccc3C)CC2)c1. The molecule has 0 aliphatic carbocycles. The number of benzene rings is 2. The number of nitrogens with one attached hydrogen (secondary N) is 1. The first-order chi connectivity index (χ1) is 13.0. The Bertz CT molecular complexity index is 848. The third kappa shape index (κ3) is 4.34. The molecule has 6 nitrogen and oxygen atoms in total. The molecule has 1 fully saturated rings. The van der Waals surface area contributed by atoms with Crippen molar-refractivity contribution in [3.8, 4) is 0 Å². The number of halogens is 1. The first kappa shape index (κ1) is 19.0. The molecule has 0 bridgehead atoms. The fraction of sp³-hybridized carbons (Fsp3) is 0.300. The van der Waals surface area contributed by atoms with Gasteiger partial charge in [0.05, 0.1) is 23.4 Å². The molecule has 0 aromatic heterocycles. The van der Waals surface area contributed by atoms with Gasteiger partial charge in [-0.25, -0.2) is 9.59 Å². The number of nitrogens with zero attached hydrogens (tertiary/aromatic N) is 2. The monoisotopic (exact) mass is 387 g/mol. The second kappa shape index (κ2) is 8.31. The normalized spacial score (nSPS) is 14.0. The minimum atomic E-state index is -0.399. The average Bonchev–Trinajstić information content (AvgIpc) is 2.69. The van der Waals surface area contributed by atoms with E-state index in [1.165, 1.54) is 7.11 Å². The van der Waals surface area contributed by atoms with Gasteiger partial charge in [-0.3, -0.25) is 0 Å². The van der Waals surface area contributed by atoms with E-state index >= 15 is 0 Å². The Labute approximate surface area is 163 Å². The lowest BCUT2D eigenvalue weighted by atomic mass is 10.1. The van der Waals surface area contributed by atoms with Gasteiger partial charge in [-0.2, -0.15) is 0 Å². The van der Waals surface area contributed by atoms with E-state index in [-0.39, 0.29) is 6.03 Å². The smallest absolute Gasteiger partial charge is 0.337 e. The standard InChI is InChI=1S/C20H22ClN3O3/c1-14-5-3-4-6-17(14)22-20(26)24-11-9-23(10-12-24)18-13-15(19(25)27-2)7-8-16(18)21/h3-8,13H,9-12H2,1-2H3,(H,22,26). The number of amides is 2. The lowest BCUT2D eigenvalue weighted by Gasteiger charge is -2.36. The van der Waals surface area contributed by atoms with Crippen molar-refractivity contribution in [2.75, 3.05) is 43.5 Å². The topological polar surface area (TPSA) is 61.9 Å². The molecule has 1 aliphatic heterocycles. The second-order valence-corrected chi connectivity index (χ2v) is 6.78. The molecule has 0 unspecified atom stereocenters.